The van der Waals surface area contributed by atoms with Crippen LogP contribution in [0.3, 0.4) is 0 Å². The summed E-state index contributed by atoms with van der Waals surface area (Å²) in [5, 5.41) is 6.27. The van der Waals surface area contributed by atoms with Crippen LogP contribution in [0, 0.1) is 0 Å². The summed E-state index contributed by atoms with van der Waals surface area (Å²) in [6.45, 7) is 0.449. The number of benzene rings is 4. The Hall–Kier alpha value is -3.44. The molecule has 0 aliphatic rings. The van der Waals surface area contributed by atoms with Crippen LogP contribution in [-0.2, 0) is 6.61 Å². The molecule has 0 unspecified atom stereocenters. The molecule has 0 aromatic heterocycles. The van der Waals surface area contributed by atoms with Crippen molar-refractivity contribution in [1.82, 2.24) is 5.43 Å². The fourth-order valence-electron chi connectivity index (χ4n) is 3.12. The first kappa shape index (κ1) is 19.9. The zero-order chi connectivity index (χ0) is 20.8. The molecule has 4 aromatic carbocycles. The summed E-state index contributed by atoms with van der Waals surface area (Å²) < 4.78 is 6.92. The third-order valence-electron chi connectivity index (χ3n) is 4.61. The largest absolute Gasteiger partial charge is 0.488 e. The molecule has 0 saturated heterocycles. The van der Waals surface area contributed by atoms with Gasteiger partial charge in [0.25, 0.3) is 5.91 Å². The smallest absolute Gasteiger partial charge is 0.271 e. The minimum atomic E-state index is -0.278. The van der Waals surface area contributed by atoms with Crippen LogP contribution in [0.25, 0.3) is 10.8 Å². The van der Waals surface area contributed by atoms with E-state index in [0.717, 1.165) is 26.4 Å². The highest BCUT2D eigenvalue weighted by atomic mass is 79.9. The summed E-state index contributed by atoms with van der Waals surface area (Å²) in [6, 6.07) is 29.1. The molecule has 148 valence electrons. The van der Waals surface area contributed by atoms with Crippen LogP contribution in [0.4, 0.5) is 0 Å². The van der Waals surface area contributed by atoms with Gasteiger partial charge in [-0.15, -0.1) is 0 Å². The highest BCUT2D eigenvalue weighted by molar-refractivity contribution is 9.10. The van der Waals surface area contributed by atoms with Crippen LogP contribution in [-0.4, -0.2) is 12.1 Å². The van der Waals surface area contributed by atoms with Crippen molar-refractivity contribution in [2.24, 2.45) is 5.10 Å². The van der Waals surface area contributed by atoms with E-state index in [-0.39, 0.29) is 5.91 Å². The second-order valence-electron chi connectivity index (χ2n) is 6.68. The molecule has 1 amide bonds. The third kappa shape index (κ3) is 4.75. The van der Waals surface area contributed by atoms with Crippen LogP contribution in [0.2, 0.25) is 0 Å². The Balaban J connectivity index is 1.59. The van der Waals surface area contributed by atoms with Crippen molar-refractivity contribution in [1.29, 1.82) is 0 Å². The fraction of sp³-hybridized carbons (Fsp3) is 0.0400. The van der Waals surface area contributed by atoms with Crippen LogP contribution in [0.5, 0.6) is 5.75 Å². The van der Waals surface area contributed by atoms with E-state index in [0.29, 0.717) is 17.9 Å². The van der Waals surface area contributed by atoms with Crippen LogP contribution in [0.15, 0.2) is 101 Å². The number of fused-ring (bicyclic) bond motifs is 1. The predicted octanol–water partition coefficient (Wildman–Crippen LogP) is 5.95. The van der Waals surface area contributed by atoms with Gasteiger partial charge in [0, 0.05) is 15.6 Å². The molecule has 30 heavy (non-hydrogen) atoms. The topological polar surface area (TPSA) is 50.7 Å². The van der Waals surface area contributed by atoms with Crippen LogP contribution < -0.4 is 10.2 Å². The Kier molecular flexibility index (Phi) is 6.20. The molecule has 0 fully saturated rings. The maximum atomic E-state index is 12.4. The Labute approximate surface area is 183 Å². The summed E-state index contributed by atoms with van der Waals surface area (Å²) in [5.74, 6) is 0.428. The molecule has 0 bridgehead atoms. The van der Waals surface area contributed by atoms with Gasteiger partial charge < -0.3 is 4.74 Å². The van der Waals surface area contributed by atoms with Crippen LogP contribution in [0.1, 0.15) is 21.5 Å². The number of nitrogens with one attached hydrogen (secondary N) is 1. The molecule has 0 aliphatic heterocycles. The molecule has 0 spiro atoms. The number of carbonyl (C=O) groups excluding carboxylic acids is 1. The van der Waals surface area contributed by atoms with Gasteiger partial charge >= 0.3 is 0 Å². The van der Waals surface area contributed by atoms with Crippen molar-refractivity contribution >= 4 is 38.8 Å². The number of ether oxygens (including phenoxy) is 1. The van der Waals surface area contributed by atoms with Gasteiger partial charge in [0.15, 0.2) is 0 Å². The minimum Gasteiger partial charge on any atom is -0.488 e. The van der Waals surface area contributed by atoms with Crippen LogP contribution >= 0.6 is 15.9 Å². The summed E-state index contributed by atoms with van der Waals surface area (Å²) in [4.78, 5) is 12.4. The van der Waals surface area contributed by atoms with Crippen molar-refractivity contribution in [3.63, 3.8) is 0 Å². The Morgan fingerprint density at radius 1 is 0.933 bits per heavy atom. The molecular weight excluding hydrogens is 440 g/mol. The Morgan fingerprint density at radius 2 is 1.73 bits per heavy atom. The first-order chi connectivity index (χ1) is 14.7. The monoisotopic (exact) mass is 458 g/mol. The standard InChI is InChI=1S/C25H19BrN2O2/c26-21-11-6-10-20(15-21)25(29)28-27-16-23-22-12-5-4-9-19(22)13-14-24(23)30-17-18-7-2-1-3-8-18/h1-16H,17H2,(H,28,29)/b27-16-. The van der Waals surface area contributed by atoms with Crippen molar-refractivity contribution in [3.8, 4) is 5.75 Å². The molecular formula is C25H19BrN2O2. The summed E-state index contributed by atoms with van der Waals surface area (Å²) in [7, 11) is 0. The first-order valence-electron chi connectivity index (χ1n) is 9.48. The zero-order valence-corrected chi connectivity index (χ0v) is 17.7. The van der Waals surface area contributed by atoms with Gasteiger partial charge in [-0.05, 0) is 40.6 Å². The molecule has 4 nitrogen and oxygen atoms in total. The number of nitrogens with zero attached hydrogens (tertiary/aromatic N) is 1. The highest BCUT2D eigenvalue weighted by Gasteiger charge is 2.09. The van der Waals surface area contributed by atoms with Gasteiger partial charge in [-0.25, -0.2) is 5.43 Å². The maximum Gasteiger partial charge on any atom is 0.271 e. The molecule has 4 aromatic rings. The summed E-state index contributed by atoms with van der Waals surface area (Å²) in [6.07, 6.45) is 1.64. The van der Waals surface area contributed by atoms with Gasteiger partial charge in [-0.3, -0.25) is 4.79 Å². The van der Waals surface area contributed by atoms with E-state index >= 15 is 0 Å². The van der Waals surface area contributed by atoms with E-state index in [1.165, 1.54) is 0 Å². The van der Waals surface area contributed by atoms with Gasteiger partial charge in [-0.1, -0.05) is 82.7 Å². The van der Waals surface area contributed by atoms with Gasteiger partial charge in [0.1, 0.15) is 12.4 Å². The van der Waals surface area contributed by atoms with E-state index in [1.807, 2.05) is 78.9 Å². The lowest BCUT2D eigenvalue weighted by atomic mass is 10.0. The number of rotatable bonds is 6. The molecule has 5 heteroatoms. The molecule has 1 N–H and O–H groups in total. The molecule has 0 atom stereocenters. The Bertz CT molecular complexity index is 1210. The molecule has 0 radical (unpaired) electrons. The number of hydrogen-bond donors (Lipinski definition) is 1. The van der Waals surface area contributed by atoms with E-state index in [2.05, 4.69) is 26.5 Å². The SMILES string of the molecule is O=C(N/N=C\c1c(OCc2ccccc2)ccc2ccccc12)c1cccc(Br)c1. The van der Waals surface area contributed by atoms with Crippen molar-refractivity contribution in [3.05, 3.63) is 112 Å². The average Bonchev–Trinajstić information content (AvgIpc) is 2.79. The second-order valence-corrected chi connectivity index (χ2v) is 7.60. The summed E-state index contributed by atoms with van der Waals surface area (Å²) in [5.41, 5.74) is 5.02. The van der Waals surface area contributed by atoms with E-state index < -0.39 is 0 Å². The first-order valence-corrected chi connectivity index (χ1v) is 10.3. The van der Waals surface area contributed by atoms with Crippen molar-refractivity contribution in [2.45, 2.75) is 6.61 Å². The van der Waals surface area contributed by atoms with E-state index in [1.54, 1.807) is 18.3 Å². The molecule has 0 aliphatic carbocycles. The van der Waals surface area contributed by atoms with Crippen molar-refractivity contribution < 1.29 is 9.53 Å². The molecule has 0 saturated carbocycles. The lowest BCUT2D eigenvalue weighted by molar-refractivity contribution is 0.0955. The predicted molar refractivity (Wildman–Crippen MR) is 124 cm³/mol. The molecule has 4 rings (SSSR count). The zero-order valence-electron chi connectivity index (χ0n) is 16.1. The highest BCUT2D eigenvalue weighted by Crippen LogP contribution is 2.27. The van der Waals surface area contributed by atoms with E-state index in [4.69, 9.17) is 4.74 Å². The van der Waals surface area contributed by atoms with E-state index in [9.17, 15) is 4.79 Å². The van der Waals surface area contributed by atoms with Gasteiger partial charge in [0.2, 0.25) is 0 Å². The molecule has 0 heterocycles. The van der Waals surface area contributed by atoms with Crippen molar-refractivity contribution in [2.75, 3.05) is 0 Å². The van der Waals surface area contributed by atoms with Gasteiger partial charge in [0.05, 0.1) is 6.21 Å². The maximum absolute atomic E-state index is 12.4. The second kappa shape index (κ2) is 9.37. The normalized spacial score (nSPS) is 11.0. The minimum absolute atomic E-state index is 0.278. The number of halogens is 1. The average molecular weight is 459 g/mol. The lowest BCUT2D eigenvalue weighted by Gasteiger charge is -2.12. The third-order valence-corrected chi connectivity index (χ3v) is 5.11. The Morgan fingerprint density at radius 3 is 2.57 bits per heavy atom. The fourth-order valence-corrected chi connectivity index (χ4v) is 3.52. The summed E-state index contributed by atoms with van der Waals surface area (Å²) >= 11 is 3.37. The number of carbonyl (C=O) groups is 1. The number of hydrazone groups is 1. The number of amides is 1. The quantitative estimate of drug-likeness (QED) is 0.286. The van der Waals surface area contributed by atoms with Gasteiger partial charge in [-0.2, -0.15) is 5.10 Å². The number of hydrogen-bond acceptors (Lipinski definition) is 3. The lowest BCUT2D eigenvalue weighted by Crippen LogP contribution is -2.17.